The molecule has 1 unspecified atom stereocenters. The van der Waals surface area contributed by atoms with Gasteiger partial charge in [-0.05, 0) is 36.6 Å². The third-order valence-corrected chi connectivity index (χ3v) is 5.22. The molecule has 2 N–H and O–H groups in total. The van der Waals surface area contributed by atoms with Crippen molar-refractivity contribution < 1.29 is 27.9 Å². The summed E-state index contributed by atoms with van der Waals surface area (Å²) in [6.07, 6.45) is 0.278. The highest BCUT2D eigenvalue weighted by molar-refractivity contribution is 7.92. The van der Waals surface area contributed by atoms with Crippen molar-refractivity contribution in [2.75, 3.05) is 19.8 Å². The van der Waals surface area contributed by atoms with E-state index in [2.05, 4.69) is 5.32 Å². The zero-order chi connectivity index (χ0) is 20.1. The van der Waals surface area contributed by atoms with Gasteiger partial charge in [0.2, 0.25) is 5.91 Å². The minimum absolute atomic E-state index is 0.0816. The molecular formula is C17H24N2O6S. The number of hydrogen-bond donors (Lipinski definition) is 2. The number of carboxylic acids is 1. The second-order valence-corrected chi connectivity index (χ2v) is 8.56. The first-order chi connectivity index (χ1) is 11.9. The van der Waals surface area contributed by atoms with E-state index in [0.717, 1.165) is 0 Å². The van der Waals surface area contributed by atoms with Crippen LogP contribution in [0.3, 0.4) is 0 Å². The Morgan fingerprint density at radius 2 is 1.65 bits per heavy atom. The number of benzene rings is 1. The van der Waals surface area contributed by atoms with E-state index in [4.69, 9.17) is 5.11 Å². The molecule has 1 rings (SSSR count). The lowest BCUT2D eigenvalue weighted by atomic mass is 10.0. The van der Waals surface area contributed by atoms with Crippen molar-refractivity contribution in [2.45, 2.75) is 31.2 Å². The van der Waals surface area contributed by atoms with Crippen LogP contribution < -0.4 is 5.32 Å². The number of carbonyl (C=O) groups excluding carboxylic acids is 2. The Bertz CT molecular complexity index is 769. The number of hydrogen-bond acceptors (Lipinski definition) is 5. The largest absolute Gasteiger partial charge is 0.480 e. The highest BCUT2D eigenvalue weighted by Gasteiger charge is 2.23. The van der Waals surface area contributed by atoms with Crippen molar-refractivity contribution in [3.8, 4) is 0 Å². The number of amides is 2. The lowest BCUT2D eigenvalue weighted by Crippen LogP contribution is -2.41. The zero-order valence-electron chi connectivity index (χ0n) is 15.2. The second kappa shape index (κ2) is 8.79. The molecule has 0 bridgehead atoms. The predicted octanol–water partition coefficient (Wildman–Crippen LogP) is 0.778. The van der Waals surface area contributed by atoms with Gasteiger partial charge in [0.25, 0.3) is 5.91 Å². The van der Waals surface area contributed by atoms with Crippen molar-refractivity contribution in [3.63, 3.8) is 0 Å². The molecule has 0 aliphatic heterocycles. The van der Waals surface area contributed by atoms with Crippen LogP contribution in [-0.4, -0.2) is 62.1 Å². The Morgan fingerprint density at radius 3 is 2.08 bits per heavy atom. The molecule has 0 saturated carbocycles. The normalized spacial score (nSPS) is 12.5. The van der Waals surface area contributed by atoms with E-state index in [1.54, 1.807) is 0 Å². The zero-order valence-corrected chi connectivity index (χ0v) is 16.0. The molecule has 0 fully saturated rings. The van der Waals surface area contributed by atoms with Gasteiger partial charge in [-0.25, -0.2) is 13.2 Å². The molecule has 0 aliphatic rings. The third-order valence-electron chi connectivity index (χ3n) is 3.60. The first-order valence-electron chi connectivity index (χ1n) is 8.00. The van der Waals surface area contributed by atoms with Crippen LogP contribution in [0.25, 0.3) is 0 Å². The van der Waals surface area contributed by atoms with Crippen LogP contribution in [0.1, 0.15) is 30.6 Å². The number of aliphatic carboxylic acids is 1. The maximum Gasteiger partial charge on any atom is 0.326 e. The smallest absolute Gasteiger partial charge is 0.326 e. The number of rotatable bonds is 8. The molecule has 26 heavy (non-hydrogen) atoms. The molecule has 1 aromatic carbocycles. The van der Waals surface area contributed by atoms with Crippen LogP contribution in [0.2, 0.25) is 0 Å². The minimum Gasteiger partial charge on any atom is -0.480 e. The van der Waals surface area contributed by atoms with Crippen LogP contribution in [0.15, 0.2) is 29.2 Å². The van der Waals surface area contributed by atoms with Gasteiger partial charge in [-0.3, -0.25) is 9.59 Å². The molecule has 144 valence electrons. The first-order valence-corrected chi connectivity index (χ1v) is 9.66. The lowest BCUT2D eigenvalue weighted by molar-refractivity contribution is -0.139. The van der Waals surface area contributed by atoms with Crippen LogP contribution in [0.5, 0.6) is 0 Å². The van der Waals surface area contributed by atoms with E-state index in [-0.39, 0.29) is 22.8 Å². The quantitative estimate of drug-likeness (QED) is 0.683. The summed E-state index contributed by atoms with van der Waals surface area (Å²) in [6, 6.07) is 4.01. The van der Waals surface area contributed by atoms with Gasteiger partial charge in [0.05, 0.1) is 4.90 Å². The van der Waals surface area contributed by atoms with Gasteiger partial charge >= 0.3 is 5.97 Å². The molecule has 1 aromatic rings. The van der Waals surface area contributed by atoms with Crippen LogP contribution in [0, 0.1) is 5.92 Å². The number of nitrogens with zero attached hydrogens (tertiary/aromatic N) is 1. The monoisotopic (exact) mass is 384 g/mol. The van der Waals surface area contributed by atoms with E-state index in [1.165, 1.54) is 43.3 Å². The van der Waals surface area contributed by atoms with Crippen LogP contribution >= 0.6 is 0 Å². The van der Waals surface area contributed by atoms with Gasteiger partial charge < -0.3 is 15.3 Å². The number of carboxylic acid groups (broad SMARTS) is 1. The van der Waals surface area contributed by atoms with Gasteiger partial charge in [0.1, 0.15) is 11.8 Å². The molecule has 2 amide bonds. The maximum atomic E-state index is 12.2. The Hall–Kier alpha value is -2.42. The number of nitrogens with one attached hydrogen (secondary N) is 1. The molecule has 0 radical (unpaired) electrons. The average molecular weight is 384 g/mol. The SMILES string of the molecule is CC(C)CC(NC(=O)c1ccc(S(=O)(=O)CC(=O)N(C)C)cc1)C(=O)O. The van der Waals surface area contributed by atoms with E-state index in [0.29, 0.717) is 0 Å². The fourth-order valence-corrected chi connectivity index (χ4v) is 3.42. The van der Waals surface area contributed by atoms with Crippen molar-refractivity contribution in [1.82, 2.24) is 10.2 Å². The Balaban J connectivity index is 2.90. The predicted molar refractivity (Wildman–Crippen MR) is 95.5 cm³/mol. The minimum atomic E-state index is -3.82. The average Bonchev–Trinajstić information content (AvgIpc) is 2.53. The summed E-state index contributed by atoms with van der Waals surface area (Å²) >= 11 is 0. The van der Waals surface area contributed by atoms with Gasteiger partial charge in [-0.1, -0.05) is 13.8 Å². The highest BCUT2D eigenvalue weighted by atomic mass is 32.2. The van der Waals surface area contributed by atoms with E-state index in [9.17, 15) is 22.8 Å². The number of carbonyl (C=O) groups is 3. The summed E-state index contributed by atoms with van der Waals surface area (Å²) in [5.74, 6) is -2.87. The second-order valence-electron chi connectivity index (χ2n) is 6.57. The van der Waals surface area contributed by atoms with E-state index >= 15 is 0 Å². The molecule has 8 nitrogen and oxygen atoms in total. The van der Waals surface area contributed by atoms with Crippen molar-refractivity contribution >= 4 is 27.6 Å². The Morgan fingerprint density at radius 1 is 1.12 bits per heavy atom. The standard InChI is InChI=1S/C17H24N2O6S/c1-11(2)9-14(17(22)23)18-16(21)12-5-7-13(8-6-12)26(24,25)10-15(20)19(3)4/h5-8,11,14H,9-10H2,1-4H3,(H,18,21)(H,22,23). The van der Waals surface area contributed by atoms with Crippen LogP contribution in [0.4, 0.5) is 0 Å². The third kappa shape index (κ3) is 6.14. The topological polar surface area (TPSA) is 121 Å². The van der Waals surface area contributed by atoms with E-state index in [1.807, 2.05) is 13.8 Å². The lowest BCUT2D eigenvalue weighted by Gasteiger charge is -2.16. The highest BCUT2D eigenvalue weighted by Crippen LogP contribution is 2.14. The van der Waals surface area contributed by atoms with Gasteiger partial charge in [-0.15, -0.1) is 0 Å². The summed E-state index contributed by atoms with van der Waals surface area (Å²) in [4.78, 5) is 36.1. The fourth-order valence-electron chi connectivity index (χ4n) is 2.12. The molecule has 0 spiro atoms. The Labute approximate surface area is 153 Å². The Kier molecular flexibility index (Phi) is 7.31. The molecule has 1 atom stereocenters. The molecule has 0 aromatic heterocycles. The van der Waals surface area contributed by atoms with Crippen molar-refractivity contribution in [2.24, 2.45) is 5.92 Å². The summed E-state index contributed by atoms with van der Waals surface area (Å²) in [7, 11) is -0.897. The fraction of sp³-hybridized carbons (Fsp3) is 0.471. The van der Waals surface area contributed by atoms with Gasteiger partial charge in [0, 0.05) is 19.7 Å². The molecular weight excluding hydrogens is 360 g/mol. The van der Waals surface area contributed by atoms with Gasteiger partial charge in [0.15, 0.2) is 9.84 Å². The van der Waals surface area contributed by atoms with Gasteiger partial charge in [-0.2, -0.15) is 0 Å². The molecule has 0 saturated heterocycles. The van der Waals surface area contributed by atoms with Crippen molar-refractivity contribution in [1.29, 1.82) is 0 Å². The summed E-state index contributed by atoms with van der Waals surface area (Å²) in [5.41, 5.74) is 0.137. The molecule has 0 aliphatic carbocycles. The summed E-state index contributed by atoms with van der Waals surface area (Å²) in [5, 5.41) is 11.6. The number of sulfone groups is 1. The molecule has 0 heterocycles. The van der Waals surface area contributed by atoms with Crippen molar-refractivity contribution in [3.05, 3.63) is 29.8 Å². The van der Waals surface area contributed by atoms with Crippen LogP contribution in [-0.2, 0) is 19.4 Å². The van der Waals surface area contributed by atoms with E-state index < -0.39 is 39.4 Å². The summed E-state index contributed by atoms with van der Waals surface area (Å²) < 4.78 is 24.4. The maximum absolute atomic E-state index is 12.2. The molecule has 9 heteroatoms. The first kappa shape index (κ1) is 21.6. The summed E-state index contributed by atoms with van der Waals surface area (Å²) in [6.45, 7) is 3.69.